The number of carboxylic acid groups (broad SMARTS) is 1. The molecule has 0 bridgehead atoms. The van der Waals surface area contributed by atoms with Crippen LogP contribution in [0.5, 0.6) is 28.7 Å². The van der Waals surface area contributed by atoms with Crippen LogP contribution in [0.25, 0.3) is 5.57 Å². The Hall–Kier alpha value is -6.21. The van der Waals surface area contributed by atoms with E-state index in [2.05, 4.69) is 5.32 Å². The van der Waals surface area contributed by atoms with Gasteiger partial charge >= 0.3 is 11.9 Å². The number of fused-ring (bicyclic) bond motifs is 6. The van der Waals surface area contributed by atoms with Gasteiger partial charge in [-0.3, -0.25) is 14.6 Å². The van der Waals surface area contributed by atoms with Gasteiger partial charge in [-0.15, -0.1) is 0 Å². The van der Waals surface area contributed by atoms with Crippen molar-refractivity contribution in [2.24, 2.45) is 10.7 Å². The largest absolute Gasteiger partial charge is 0.493 e. The van der Waals surface area contributed by atoms with Crippen molar-refractivity contribution in [2.75, 3.05) is 26.9 Å². The molecule has 0 amide bonds. The summed E-state index contributed by atoms with van der Waals surface area (Å²) >= 11 is 0. The van der Waals surface area contributed by atoms with Gasteiger partial charge in [-0.2, -0.15) is 0 Å². The molecule has 0 aromatic heterocycles. The monoisotopic (exact) mass is 851 g/mol. The standard InChI is InChI=1S/C45H45N3O14/c1-56-29-12-11-25-34-30(17-22-7-3-2-4-8-22)59-31-19-23(58-44-37(54)36(53)41(55)45(62-44)13-14-47-43(46)42(45)60-33(52)20-32(50)51)18-26(27-21-48-28-10-6-5-9-24(27)28)35(31)40(34)61-38(25)39(29)57-16-15-49/h2-14,18-19,30,34,36-37,40-44,47,49,53-55H,15-17,20-21,46H2,1H3,(H,50,51)/t30-,34+,36+,37+,40+,41-,42+,43-,44+,45-/m0/s1. The quantitative estimate of drug-likeness (QED) is 0.0756. The third-order valence-corrected chi connectivity index (χ3v) is 11.9. The predicted octanol–water partition coefficient (Wildman–Crippen LogP) is 0.464. The zero-order valence-corrected chi connectivity index (χ0v) is 33.3. The van der Waals surface area contributed by atoms with Gasteiger partial charge in [-0.05, 0) is 47.2 Å². The fourth-order valence-electron chi connectivity index (χ4n) is 9.07. The Kier molecular flexibility index (Phi) is 11.0. The van der Waals surface area contributed by atoms with Crippen LogP contribution in [0.1, 0.15) is 40.7 Å². The molecular weight excluding hydrogens is 807 g/mol. The van der Waals surface area contributed by atoms with Crippen molar-refractivity contribution < 1.29 is 68.3 Å². The molecule has 17 nitrogen and oxygen atoms in total. The van der Waals surface area contributed by atoms with E-state index in [0.717, 1.165) is 27.3 Å². The van der Waals surface area contributed by atoms with Gasteiger partial charge in [0.15, 0.2) is 23.2 Å². The highest BCUT2D eigenvalue weighted by molar-refractivity contribution is 5.90. The van der Waals surface area contributed by atoms with E-state index in [0.29, 0.717) is 47.1 Å². The highest BCUT2D eigenvalue weighted by Gasteiger charge is 2.61. The smallest absolute Gasteiger partial charge is 0.317 e. The number of hydrogen-bond acceptors (Lipinski definition) is 16. The summed E-state index contributed by atoms with van der Waals surface area (Å²) in [4.78, 5) is 28.8. The molecular formula is C45H45N3O14. The maximum atomic E-state index is 12.6. The van der Waals surface area contributed by atoms with Crippen LogP contribution >= 0.6 is 0 Å². The third-order valence-electron chi connectivity index (χ3n) is 11.9. The first kappa shape index (κ1) is 41.2. The van der Waals surface area contributed by atoms with Crippen LogP contribution in [-0.4, -0.2) is 113 Å². The lowest BCUT2D eigenvalue weighted by Crippen LogP contribution is -2.74. The van der Waals surface area contributed by atoms with E-state index in [4.69, 9.17) is 43.9 Å². The summed E-state index contributed by atoms with van der Waals surface area (Å²) in [7, 11) is 1.53. The van der Waals surface area contributed by atoms with Crippen LogP contribution in [0.2, 0.25) is 0 Å². The molecule has 4 aromatic rings. The number of rotatable bonds is 12. The number of aliphatic hydroxyl groups excluding tert-OH is 4. The number of carbonyl (C=O) groups is 2. The van der Waals surface area contributed by atoms with E-state index in [-0.39, 0.29) is 24.9 Å². The van der Waals surface area contributed by atoms with Crippen LogP contribution in [0.3, 0.4) is 0 Å². The highest BCUT2D eigenvalue weighted by atomic mass is 16.7. The number of nitrogens with one attached hydrogen (secondary N) is 1. The second kappa shape index (κ2) is 16.6. The van der Waals surface area contributed by atoms with Gasteiger partial charge < -0.3 is 69.7 Å². The van der Waals surface area contributed by atoms with Crippen molar-refractivity contribution in [3.63, 3.8) is 0 Å². The highest BCUT2D eigenvalue weighted by Crippen LogP contribution is 2.60. The number of methoxy groups -OCH3 is 1. The number of carbonyl (C=O) groups excluding carboxylic acids is 1. The molecule has 8 N–H and O–H groups in total. The van der Waals surface area contributed by atoms with E-state index in [1.54, 1.807) is 18.2 Å². The first-order valence-electron chi connectivity index (χ1n) is 20.1. The lowest BCUT2D eigenvalue weighted by molar-refractivity contribution is -0.321. The topological polar surface area (TPSA) is 250 Å². The maximum absolute atomic E-state index is 12.6. The van der Waals surface area contributed by atoms with Gasteiger partial charge in [0, 0.05) is 28.8 Å². The fourth-order valence-corrected chi connectivity index (χ4v) is 9.07. The Bertz CT molecular complexity index is 2540. The lowest BCUT2D eigenvalue weighted by Gasteiger charge is -2.52. The molecule has 17 heteroatoms. The average Bonchev–Trinajstić information content (AvgIpc) is 3.88. The zero-order chi connectivity index (χ0) is 43.3. The summed E-state index contributed by atoms with van der Waals surface area (Å²) in [5.41, 5.74) is 8.16. The molecule has 0 aliphatic carbocycles. The van der Waals surface area contributed by atoms with Crippen molar-refractivity contribution in [3.8, 4) is 28.7 Å². The second-order valence-electron chi connectivity index (χ2n) is 15.6. The minimum absolute atomic E-state index is 0.0000535. The molecule has 5 aliphatic heterocycles. The molecule has 0 radical (unpaired) electrons. The number of nitrogens with two attached hydrogens (primary N) is 1. The first-order valence-corrected chi connectivity index (χ1v) is 20.1. The van der Waals surface area contributed by atoms with Gasteiger partial charge in [0.05, 0.1) is 31.5 Å². The van der Waals surface area contributed by atoms with Gasteiger partial charge in [-0.1, -0.05) is 54.6 Å². The first-order chi connectivity index (χ1) is 30.0. The Balaban J connectivity index is 1.17. The van der Waals surface area contributed by atoms with Crippen molar-refractivity contribution in [1.29, 1.82) is 0 Å². The number of nitrogens with zero attached hydrogens (tertiary/aromatic N) is 1. The van der Waals surface area contributed by atoms with Crippen LogP contribution in [0, 0.1) is 0 Å². The van der Waals surface area contributed by atoms with E-state index in [1.165, 1.54) is 19.4 Å². The molecule has 10 atom stereocenters. The molecule has 62 heavy (non-hydrogen) atoms. The second-order valence-corrected chi connectivity index (χ2v) is 15.6. The van der Waals surface area contributed by atoms with Crippen LogP contribution in [-0.2, 0) is 25.5 Å². The molecule has 1 spiro atoms. The van der Waals surface area contributed by atoms with Crippen molar-refractivity contribution in [3.05, 3.63) is 124 Å². The molecule has 0 unspecified atom stereocenters. The number of para-hydroxylation sites is 1. The Morgan fingerprint density at radius 1 is 1.00 bits per heavy atom. The van der Waals surface area contributed by atoms with Crippen LogP contribution in [0.4, 0.5) is 0 Å². The molecule has 5 heterocycles. The Labute approximate surface area is 354 Å². The summed E-state index contributed by atoms with van der Waals surface area (Å²) in [5, 5.41) is 57.5. The molecule has 324 valence electrons. The van der Waals surface area contributed by atoms with E-state index >= 15 is 0 Å². The number of aliphatic hydroxyl groups is 4. The van der Waals surface area contributed by atoms with Crippen LogP contribution in [0.15, 0.2) is 96.1 Å². The van der Waals surface area contributed by atoms with Crippen molar-refractivity contribution >= 4 is 17.5 Å². The van der Waals surface area contributed by atoms with Crippen molar-refractivity contribution in [1.82, 2.24) is 5.32 Å². The molecule has 4 aromatic carbocycles. The number of hydrogen-bond donors (Lipinski definition) is 7. The van der Waals surface area contributed by atoms with Crippen LogP contribution < -0.4 is 45.3 Å². The molecule has 0 saturated carbocycles. The number of esters is 1. The molecule has 1 saturated heterocycles. The van der Waals surface area contributed by atoms with Gasteiger partial charge in [0.25, 0.3) is 0 Å². The minimum atomic E-state index is -2.11. The summed E-state index contributed by atoms with van der Waals surface area (Å²) in [5.74, 6) is -1.25. The molecule has 5 aliphatic rings. The zero-order valence-electron chi connectivity index (χ0n) is 33.3. The summed E-state index contributed by atoms with van der Waals surface area (Å²) in [6, 6.07) is 24.7. The molecule has 9 rings (SSSR count). The van der Waals surface area contributed by atoms with Gasteiger partial charge in [-0.25, -0.2) is 0 Å². The number of ether oxygens (including phenoxy) is 7. The Morgan fingerprint density at radius 2 is 1.79 bits per heavy atom. The average molecular weight is 852 g/mol. The van der Waals surface area contributed by atoms with E-state index < -0.39 is 73.0 Å². The Morgan fingerprint density at radius 3 is 2.56 bits per heavy atom. The van der Waals surface area contributed by atoms with E-state index in [1.807, 2.05) is 60.7 Å². The van der Waals surface area contributed by atoms with Gasteiger partial charge in [0.2, 0.25) is 12.0 Å². The molecule has 1 fully saturated rings. The summed E-state index contributed by atoms with van der Waals surface area (Å²) in [6.45, 7) is 0.0603. The lowest BCUT2D eigenvalue weighted by atomic mass is 9.79. The number of benzene rings is 4. The number of carboxylic acids is 1. The SMILES string of the molecule is COc1ccc2c(c1OCCO)O[C@H]1c3c(cc(O[C@@H]4O[C@@]5(C=CN[C@H](N)[C@H]5OC(=O)CC(=O)O)[C@@H](O)[C@H](O)[C@H]4O)cc3C3=c4ccccc4=NC3)O[C@@H](Cc3ccccc3)[C@@H]21. The number of aliphatic carboxylic acids is 1. The van der Waals surface area contributed by atoms with Crippen molar-refractivity contribution in [2.45, 2.75) is 73.4 Å². The predicted molar refractivity (Wildman–Crippen MR) is 216 cm³/mol. The fraction of sp³-hybridized carbons (Fsp3) is 0.356. The van der Waals surface area contributed by atoms with Gasteiger partial charge in [0.1, 0.15) is 61.2 Å². The third kappa shape index (κ3) is 7.15. The minimum Gasteiger partial charge on any atom is -0.493 e. The maximum Gasteiger partial charge on any atom is 0.317 e. The normalized spacial score (nSPS) is 28.8. The van der Waals surface area contributed by atoms with E-state index in [9.17, 15) is 35.1 Å². The summed E-state index contributed by atoms with van der Waals surface area (Å²) < 4.78 is 43.9. The summed E-state index contributed by atoms with van der Waals surface area (Å²) in [6.07, 6.45) is -9.32.